The molecule has 1 aromatic carbocycles. The highest BCUT2D eigenvalue weighted by Crippen LogP contribution is 2.23. The van der Waals surface area contributed by atoms with Crippen molar-refractivity contribution in [3.05, 3.63) is 23.8 Å². The van der Waals surface area contributed by atoms with Crippen LogP contribution in [0, 0.1) is 0 Å². The van der Waals surface area contributed by atoms with Gasteiger partial charge in [-0.3, -0.25) is 10.1 Å². The topological polar surface area (TPSA) is 114 Å². The highest BCUT2D eigenvalue weighted by Gasteiger charge is 2.18. The van der Waals surface area contributed by atoms with Gasteiger partial charge in [0.15, 0.2) is 6.61 Å². The van der Waals surface area contributed by atoms with Crippen molar-refractivity contribution in [3.8, 4) is 11.5 Å². The van der Waals surface area contributed by atoms with Crippen molar-refractivity contribution in [1.29, 1.82) is 0 Å². The molecule has 126 valence electrons. The summed E-state index contributed by atoms with van der Waals surface area (Å²) in [7, 11) is 1.42. The van der Waals surface area contributed by atoms with Crippen LogP contribution in [0.25, 0.3) is 0 Å². The fraction of sp³-hybridized carbons (Fsp3) is 0.400. The second-order valence-electron chi connectivity index (χ2n) is 5.71. The van der Waals surface area contributed by atoms with Crippen molar-refractivity contribution in [2.45, 2.75) is 26.3 Å². The number of aromatic hydroxyl groups is 1. The predicted octanol–water partition coefficient (Wildman–Crippen LogP) is 1.18. The molecule has 0 heterocycles. The Morgan fingerprint density at radius 3 is 2.39 bits per heavy atom. The maximum Gasteiger partial charge on any atom is 0.342 e. The third kappa shape index (κ3) is 6.25. The maximum atomic E-state index is 11.8. The quantitative estimate of drug-likeness (QED) is 0.717. The van der Waals surface area contributed by atoms with Crippen molar-refractivity contribution in [2.24, 2.45) is 0 Å². The second kappa shape index (κ2) is 7.48. The fourth-order valence-corrected chi connectivity index (χ4v) is 1.55. The molecule has 0 aromatic heterocycles. The number of hydrogen-bond donors (Lipinski definition) is 3. The zero-order chi connectivity index (χ0) is 17.6. The van der Waals surface area contributed by atoms with E-state index in [2.05, 4.69) is 5.32 Å². The van der Waals surface area contributed by atoms with E-state index in [0.29, 0.717) is 5.75 Å². The van der Waals surface area contributed by atoms with Crippen molar-refractivity contribution in [2.75, 3.05) is 13.7 Å². The van der Waals surface area contributed by atoms with Gasteiger partial charge in [0.1, 0.15) is 17.1 Å². The minimum atomic E-state index is -0.892. The molecule has 0 saturated heterocycles. The van der Waals surface area contributed by atoms with E-state index >= 15 is 0 Å². The van der Waals surface area contributed by atoms with Crippen LogP contribution >= 0.6 is 0 Å². The number of carbonyl (C=O) groups is 3. The zero-order valence-corrected chi connectivity index (χ0v) is 13.4. The molecule has 0 atom stereocenters. The molecule has 0 aliphatic carbocycles. The van der Waals surface area contributed by atoms with Gasteiger partial charge in [-0.2, -0.15) is 0 Å². The van der Waals surface area contributed by atoms with Gasteiger partial charge >= 0.3 is 12.0 Å². The third-order valence-corrected chi connectivity index (χ3v) is 2.50. The first kappa shape index (κ1) is 18.3. The van der Waals surface area contributed by atoms with Crippen LogP contribution in [0.5, 0.6) is 11.5 Å². The van der Waals surface area contributed by atoms with Crippen LogP contribution in [0.2, 0.25) is 0 Å². The Hall–Kier alpha value is -2.77. The molecule has 0 aliphatic rings. The van der Waals surface area contributed by atoms with E-state index < -0.39 is 30.1 Å². The summed E-state index contributed by atoms with van der Waals surface area (Å²) >= 11 is 0. The summed E-state index contributed by atoms with van der Waals surface area (Å²) in [5.74, 6) is -1.64. The minimum absolute atomic E-state index is 0.113. The SMILES string of the molecule is COc1ccc(C(=O)OCC(=O)NC(=O)NC(C)(C)C)c(O)c1. The van der Waals surface area contributed by atoms with E-state index in [4.69, 9.17) is 9.47 Å². The van der Waals surface area contributed by atoms with Crippen LogP contribution in [0.3, 0.4) is 0 Å². The number of nitrogens with one attached hydrogen (secondary N) is 2. The molecule has 0 unspecified atom stereocenters. The van der Waals surface area contributed by atoms with Gasteiger partial charge in [-0.1, -0.05) is 0 Å². The molecule has 0 radical (unpaired) electrons. The number of hydrogen-bond acceptors (Lipinski definition) is 6. The Kier molecular flexibility index (Phi) is 5.94. The molecule has 0 bridgehead atoms. The highest BCUT2D eigenvalue weighted by atomic mass is 16.5. The van der Waals surface area contributed by atoms with Crippen LogP contribution in [-0.4, -0.2) is 42.3 Å². The second-order valence-corrected chi connectivity index (χ2v) is 5.71. The van der Waals surface area contributed by atoms with E-state index in [1.165, 1.54) is 25.3 Å². The fourth-order valence-electron chi connectivity index (χ4n) is 1.55. The molecule has 8 nitrogen and oxygen atoms in total. The number of urea groups is 1. The van der Waals surface area contributed by atoms with Gasteiger partial charge in [-0.25, -0.2) is 9.59 Å². The van der Waals surface area contributed by atoms with Gasteiger partial charge in [0.2, 0.25) is 0 Å². The molecule has 0 fully saturated rings. The summed E-state index contributed by atoms with van der Waals surface area (Å²) in [6.07, 6.45) is 0. The summed E-state index contributed by atoms with van der Waals surface area (Å²) in [6, 6.07) is 3.33. The minimum Gasteiger partial charge on any atom is -0.507 e. The molecule has 1 aromatic rings. The smallest absolute Gasteiger partial charge is 0.342 e. The molecule has 0 saturated carbocycles. The Morgan fingerprint density at radius 1 is 1.22 bits per heavy atom. The van der Waals surface area contributed by atoms with E-state index in [1.807, 2.05) is 5.32 Å². The van der Waals surface area contributed by atoms with E-state index in [-0.39, 0.29) is 11.3 Å². The largest absolute Gasteiger partial charge is 0.507 e. The monoisotopic (exact) mass is 324 g/mol. The molecule has 0 aliphatic heterocycles. The number of phenolic OH excluding ortho intramolecular Hbond substituents is 1. The number of esters is 1. The lowest BCUT2D eigenvalue weighted by Gasteiger charge is -2.20. The Balaban J connectivity index is 2.53. The molecule has 8 heteroatoms. The van der Waals surface area contributed by atoms with Crippen LogP contribution < -0.4 is 15.4 Å². The number of rotatable bonds is 4. The van der Waals surface area contributed by atoms with Gasteiger partial charge in [0.05, 0.1) is 7.11 Å². The average Bonchev–Trinajstić information content (AvgIpc) is 2.42. The molecule has 0 spiro atoms. The lowest BCUT2D eigenvalue weighted by Crippen LogP contribution is -2.49. The van der Waals surface area contributed by atoms with Gasteiger partial charge in [-0.15, -0.1) is 0 Å². The lowest BCUT2D eigenvalue weighted by atomic mass is 10.1. The van der Waals surface area contributed by atoms with Gasteiger partial charge in [0.25, 0.3) is 5.91 Å². The average molecular weight is 324 g/mol. The third-order valence-electron chi connectivity index (χ3n) is 2.50. The van der Waals surface area contributed by atoms with Crippen LogP contribution in [0.1, 0.15) is 31.1 Å². The predicted molar refractivity (Wildman–Crippen MR) is 81.4 cm³/mol. The van der Waals surface area contributed by atoms with E-state index in [9.17, 15) is 19.5 Å². The summed E-state index contributed by atoms with van der Waals surface area (Å²) < 4.78 is 9.63. The van der Waals surface area contributed by atoms with Gasteiger partial charge < -0.3 is 19.9 Å². The number of ether oxygens (including phenoxy) is 2. The summed E-state index contributed by atoms with van der Waals surface area (Å²) in [5, 5.41) is 14.2. The Bertz CT molecular complexity index is 606. The van der Waals surface area contributed by atoms with Crippen molar-refractivity contribution >= 4 is 17.9 Å². The molecule has 3 amide bonds. The number of methoxy groups -OCH3 is 1. The first-order chi connectivity index (χ1) is 10.6. The number of carbonyl (C=O) groups excluding carboxylic acids is 3. The van der Waals surface area contributed by atoms with E-state index in [0.717, 1.165) is 0 Å². The molecule has 3 N–H and O–H groups in total. The van der Waals surface area contributed by atoms with Gasteiger partial charge in [-0.05, 0) is 32.9 Å². The maximum absolute atomic E-state index is 11.8. The number of amides is 3. The number of imide groups is 1. The van der Waals surface area contributed by atoms with Crippen molar-refractivity contribution < 1.29 is 29.0 Å². The highest BCUT2D eigenvalue weighted by molar-refractivity contribution is 5.98. The standard InChI is InChI=1S/C15H20N2O6/c1-15(2,3)17-14(21)16-12(19)8-23-13(20)10-6-5-9(22-4)7-11(10)18/h5-7,18H,8H2,1-4H3,(H2,16,17,19,21). The van der Waals surface area contributed by atoms with Crippen LogP contribution in [0.4, 0.5) is 4.79 Å². The molecular formula is C15H20N2O6. The van der Waals surface area contributed by atoms with Crippen molar-refractivity contribution in [1.82, 2.24) is 10.6 Å². The van der Waals surface area contributed by atoms with Crippen LogP contribution in [0.15, 0.2) is 18.2 Å². The lowest BCUT2D eigenvalue weighted by molar-refractivity contribution is -0.123. The van der Waals surface area contributed by atoms with Crippen molar-refractivity contribution in [3.63, 3.8) is 0 Å². The Morgan fingerprint density at radius 2 is 1.87 bits per heavy atom. The first-order valence-electron chi connectivity index (χ1n) is 6.78. The molecule has 1 rings (SSSR count). The number of phenols is 1. The molecular weight excluding hydrogens is 304 g/mol. The normalized spacial score (nSPS) is 10.6. The first-order valence-corrected chi connectivity index (χ1v) is 6.78. The summed E-state index contributed by atoms with van der Waals surface area (Å²) in [6.45, 7) is 4.61. The van der Waals surface area contributed by atoms with Crippen LogP contribution in [-0.2, 0) is 9.53 Å². The zero-order valence-electron chi connectivity index (χ0n) is 13.4. The summed E-state index contributed by atoms with van der Waals surface area (Å²) in [4.78, 5) is 34.8. The molecule has 23 heavy (non-hydrogen) atoms. The van der Waals surface area contributed by atoms with E-state index in [1.54, 1.807) is 20.8 Å². The van der Waals surface area contributed by atoms with Gasteiger partial charge in [0, 0.05) is 11.6 Å². The number of benzene rings is 1. The summed E-state index contributed by atoms with van der Waals surface area (Å²) in [5.41, 5.74) is -0.617. The Labute approximate surface area is 133 Å².